The zero-order valence-corrected chi connectivity index (χ0v) is 11.5. The van der Waals surface area contributed by atoms with E-state index >= 15 is 0 Å². The summed E-state index contributed by atoms with van der Waals surface area (Å²) in [6, 6.07) is 0. The topological polar surface area (TPSA) is 65.5 Å². The number of carbonyl (C=O) groups excluding carboxylic acids is 1. The monoisotopic (exact) mass is 269 g/mol. The SMILES string of the molecule is CNc1nc(C(=O)N2CCCC(C(C)O)C2)cs1. The number of thiazole rings is 1. The fourth-order valence-electron chi connectivity index (χ4n) is 2.24. The van der Waals surface area contributed by atoms with Gasteiger partial charge in [0.2, 0.25) is 0 Å². The molecule has 1 aromatic rings. The molecule has 1 aromatic heterocycles. The lowest BCUT2D eigenvalue weighted by atomic mass is 9.93. The number of piperidine rings is 1. The van der Waals surface area contributed by atoms with Crippen LogP contribution in [0.15, 0.2) is 5.38 Å². The average Bonchev–Trinajstić information content (AvgIpc) is 2.86. The second-order valence-electron chi connectivity index (χ2n) is 4.68. The molecule has 2 unspecified atom stereocenters. The van der Waals surface area contributed by atoms with E-state index in [0.717, 1.165) is 24.5 Å². The quantitative estimate of drug-likeness (QED) is 0.871. The number of rotatable bonds is 3. The molecule has 100 valence electrons. The summed E-state index contributed by atoms with van der Waals surface area (Å²) in [4.78, 5) is 18.3. The highest BCUT2D eigenvalue weighted by Gasteiger charge is 2.28. The number of hydrogen-bond acceptors (Lipinski definition) is 5. The van der Waals surface area contributed by atoms with Gasteiger partial charge in [-0.2, -0.15) is 0 Å². The van der Waals surface area contributed by atoms with E-state index in [-0.39, 0.29) is 17.9 Å². The second-order valence-corrected chi connectivity index (χ2v) is 5.54. The summed E-state index contributed by atoms with van der Waals surface area (Å²) in [5.74, 6) is 0.156. The molecule has 0 aromatic carbocycles. The maximum absolute atomic E-state index is 12.3. The third kappa shape index (κ3) is 2.81. The molecule has 0 saturated carbocycles. The van der Waals surface area contributed by atoms with Gasteiger partial charge >= 0.3 is 0 Å². The minimum absolute atomic E-state index is 0.0295. The molecule has 1 aliphatic rings. The zero-order chi connectivity index (χ0) is 13.1. The van der Waals surface area contributed by atoms with Crippen molar-refractivity contribution >= 4 is 22.4 Å². The molecular formula is C12H19N3O2S. The molecule has 2 rings (SSSR count). The number of amides is 1. The molecule has 2 heterocycles. The van der Waals surface area contributed by atoms with E-state index in [0.29, 0.717) is 12.2 Å². The summed E-state index contributed by atoms with van der Waals surface area (Å²) in [5, 5.41) is 15.1. The van der Waals surface area contributed by atoms with Gasteiger partial charge in [-0.15, -0.1) is 11.3 Å². The van der Waals surface area contributed by atoms with Gasteiger partial charge in [0.05, 0.1) is 6.10 Å². The number of nitrogens with one attached hydrogen (secondary N) is 1. The molecule has 1 amide bonds. The van der Waals surface area contributed by atoms with Crippen LogP contribution in [0.5, 0.6) is 0 Å². The van der Waals surface area contributed by atoms with Crippen molar-refractivity contribution in [2.45, 2.75) is 25.9 Å². The molecule has 1 saturated heterocycles. The minimum Gasteiger partial charge on any atom is -0.393 e. The van der Waals surface area contributed by atoms with Crippen LogP contribution in [0.25, 0.3) is 0 Å². The van der Waals surface area contributed by atoms with Gasteiger partial charge in [-0.05, 0) is 19.8 Å². The first-order valence-corrected chi connectivity index (χ1v) is 7.10. The summed E-state index contributed by atoms with van der Waals surface area (Å²) in [6.45, 7) is 3.18. The van der Waals surface area contributed by atoms with E-state index in [1.807, 2.05) is 0 Å². The smallest absolute Gasteiger partial charge is 0.273 e. The third-order valence-corrected chi connectivity index (χ3v) is 4.22. The van der Waals surface area contributed by atoms with Crippen LogP contribution in [-0.4, -0.2) is 47.1 Å². The highest BCUT2D eigenvalue weighted by molar-refractivity contribution is 7.13. The predicted octanol–water partition coefficient (Wildman–Crippen LogP) is 1.42. The summed E-state index contributed by atoms with van der Waals surface area (Å²) < 4.78 is 0. The summed E-state index contributed by atoms with van der Waals surface area (Å²) in [7, 11) is 1.79. The van der Waals surface area contributed by atoms with E-state index in [1.54, 1.807) is 24.3 Å². The van der Waals surface area contributed by atoms with Crippen LogP contribution in [-0.2, 0) is 0 Å². The zero-order valence-electron chi connectivity index (χ0n) is 10.7. The third-order valence-electron chi connectivity index (χ3n) is 3.36. The molecular weight excluding hydrogens is 250 g/mol. The fraction of sp³-hybridized carbons (Fsp3) is 0.667. The molecule has 0 bridgehead atoms. The van der Waals surface area contributed by atoms with Gasteiger partial charge in [0.15, 0.2) is 5.13 Å². The van der Waals surface area contributed by atoms with Crippen LogP contribution in [0.4, 0.5) is 5.13 Å². The molecule has 1 aliphatic heterocycles. The van der Waals surface area contributed by atoms with Crippen molar-refractivity contribution in [1.29, 1.82) is 0 Å². The molecule has 0 radical (unpaired) electrons. The molecule has 2 N–H and O–H groups in total. The number of carbonyl (C=O) groups is 1. The summed E-state index contributed by atoms with van der Waals surface area (Å²) in [6.07, 6.45) is 1.58. The number of likely N-dealkylation sites (tertiary alicyclic amines) is 1. The Morgan fingerprint density at radius 2 is 2.50 bits per heavy atom. The van der Waals surface area contributed by atoms with Crippen molar-refractivity contribution < 1.29 is 9.90 Å². The first-order chi connectivity index (χ1) is 8.61. The van der Waals surface area contributed by atoms with E-state index < -0.39 is 0 Å². The second kappa shape index (κ2) is 5.67. The first kappa shape index (κ1) is 13.3. The van der Waals surface area contributed by atoms with Crippen molar-refractivity contribution in [1.82, 2.24) is 9.88 Å². The Kier molecular flexibility index (Phi) is 4.19. The molecule has 0 spiro atoms. The lowest BCUT2D eigenvalue weighted by Crippen LogP contribution is -2.43. The Hall–Kier alpha value is -1.14. The summed E-state index contributed by atoms with van der Waals surface area (Å²) >= 11 is 1.43. The fourth-order valence-corrected chi connectivity index (χ4v) is 2.88. The molecule has 5 nitrogen and oxygen atoms in total. The van der Waals surface area contributed by atoms with Gasteiger partial charge in [-0.25, -0.2) is 4.98 Å². The normalized spacial score (nSPS) is 21.7. The molecule has 6 heteroatoms. The molecule has 1 fully saturated rings. The highest BCUT2D eigenvalue weighted by Crippen LogP contribution is 2.22. The first-order valence-electron chi connectivity index (χ1n) is 6.22. The number of nitrogens with zero attached hydrogens (tertiary/aromatic N) is 2. The molecule has 0 aliphatic carbocycles. The number of aliphatic hydroxyl groups is 1. The molecule has 2 atom stereocenters. The Balaban J connectivity index is 2.04. The Morgan fingerprint density at radius 3 is 3.11 bits per heavy atom. The van der Waals surface area contributed by atoms with Crippen LogP contribution in [0.1, 0.15) is 30.3 Å². The van der Waals surface area contributed by atoms with Gasteiger partial charge in [0.1, 0.15) is 5.69 Å². The van der Waals surface area contributed by atoms with Gasteiger partial charge in [0.25, 0.3) is 5.91 Å². The molecule has 18 heavy (non-hydrogen) atoms. The van der Waals surface area contributed by atoms with Crippen LogP contribution in [0, 0.1) is 5.92 Å². The van der Waals surface area contributed by atoms with E-state index in [2.05, 4.69) is 10.3 Å². The van der Waals surface area contributed by atoms with Crippen molar-refractivity contribution in [3.63, 3.8) is 0 Å². The van der Waals surface area contributed by atoms with Crippen LogP contribution >= 0.6 is 11.3 Å². The lowest BCUT2D eigenvalue weighted by Gasteiger charge is -2.33. The van der Waals surface area contributed by atoms with Crippen LogP contribution in [0.3, 0.4) is 0 Å². The maximum Gasteiger partial charge on any atom is 0.273 e. The number of aliphatic hydroxyl groups excluding tert-OH is 1. The van der Waals surface area contributed by atoms with Crippen molar-refractivity contribution in [2.24, 2.45) is 5.92 Å². The van der Waals surface area contributed by atoms with Crippen molar-refractivity contribution in [2.75, 3.05) is 25.5 Å². The Morgan fingerprint density at radius 1 is 1.72 bits per heavy atom. The van der Waals surface area contributed by atoms with Gasteiger partial charge in [-0.1, -0.05) is 0 Å². The predicted molar refractivity (Wildman–Crippen MR) is 72.0 cm³/mol. The standard InChI is InChI=1S/C12H19N3O2S/c1-8(16)9-4-3-5-15(6-9)11(17)10-7-18-12(13-2)14-10/h7-9,16H,3-6H2,1-2H3,(H,13,14). The Labute approximate surface area is 111 Å². The number of hydrogen-bond donors (Lipinski definition) is 2. The number of anilines is 1. The van der Waals surface area contributed by atoms with Gasteiger partial charge in [-0.3, -0.25) is 4.79 Å². The van der Waals surface area contributed by atoms with Crippen molar-refractivity contribution in [3.8, 4) is 0 Å². The van der Waals surface area contributed by atoms with E-state index in [1.165, 1.54) is 11.3 Å². The van der Waals surface area contributed by atoms with Crippen LogP contribution in [0.2, 0.25) is 0 Å². The average molecular weight is 269 g/mol. The minimum atomic E-state index is -0.357. The van der Waals surface area contributed by atoms with E-state index in [4.69, 9.17) is 0 Å². The lowest BCUT2D eigenvalue weighted by molar-refractivity contribution is 0.0462. The highest BCUT2D eigenvalue weighted by atomic mass is 32.1. The van der Waals surface area contributed by atoms with Gasteiger partial charge in [0, 0.05) is 31.4 Å². The Bertz CT molecular complexity index is 419. The summed E-state index contributed by atoms with van der Waals surface area (Å²) in [5.41, 5.74) is 0.496. The van der Waals surface area contributed by atoms with Crippen LogP contribution < -0.4 is 5.32 Å². The maximum atomic E-state index is 12.3. The number of aromatic nitrogens is 1. The largest absolute Gasteiger partial charge is 0.393 e. The van der Waals surface area contributed by atoms with Gasteiger partial charge < -0.3 is 15.3 Å². The van der Waals surface area contributed by atoms with E-state index in [9.17, 15) is 9.90 Å². The van der Waals surface area contributed by atoms with Crippen molar-refractivity contribution in [3.05, 3.63) is 11.1 Å².